The summed E-state index contributed by atoms with van der Waals surface area (Å²) in [6, 6.07) is 0. The molecule has 0 unspecified atom stereocenters. The molecule has 0 radical (unpaired) electrons. The van der Waals surface area contributed by atoms with Gasteiger partial charge in [0.15, 0.2) is 0 Å². The van der Waals surface area contributed by atoms with E-state index in [-0.39, 0.29) is 0 Å². The Morgan fingerprint density at radius 2 is 2.06 bits per heavy atom. The van der Waals surface area contributed by atoms with Gasteiger partial charge in [-0.3, -0.25) is 0 Å². The first-order valence-electron chi connectivity index (χ1n) is 6.40. The molecule has 0 atom stereocenters. The van der Waals surface area contributed by atoms with Gasteiger partial charge in [0.25, 0.3) is 0 Å². The number of imidazole rings is 2. The number of hydrogen-bond donors (Lipinski definition) is 0. The van der Waals surface area contributed by atoms with E-state index in [2.05, 4.69) is 26.0 Å². The maximum absolute atomic E-state index is 4.53. The molecule has 1 aliphatic carbocycles. The number of aryl methyl sites for hydroxylation is 2. The first-order valence-corrected chi connectivity index (χ1v) is 6.40. The van der Waals surface area contributed by atoms with Crippen molar-refractivity contribution in [1.82, 2.24) is 19.1 Å². The fourth-order valence-electron chi connectivity index (χ4n) is 2.61. The van der Waals surface area contributed by atoms with Gasteiger partial charge in [-0.2, -0.15) is 0 Å². The zero-order chi connectivity index (χ0) is 11.7. The van der Waals surface area contributed by atoms with E-state index >= 15 is 0 Å². The Hall–Kier alpha value is -1.58. The Morgan fingerprint density at radius 3 is 2.94 bits per heavy atom. The van der Waals surface area contributed by atoms with Crippen LogP contribution in [0.15, 0.2) is 18.9 Å². The van der Waals surface area contributed by atoms with Gasteiger partial charge in [0, 0.05) is 18.4 Å². The minimum Gasteiger partial charge on any atom is -0.333 e. The highest BCUT2D eigenvalue weighted by Crippen LogP contribution is 2.20. The van der Waals surface area contributed by atoms with E-state index in [1.54, 1.807) is 0 Å². The Labute approximate surface area is 101 Å². The second-order valence-corrected chi connectivity index (χ2v) is 4.64. The molecule has 0 N–H and O–H groups in total. The molecule has 0 fully saturated rings. The summed E-state index contributed by atoms with van der Waals surface area (Å²) in [6.45, 7) is 4.02. The van der Waals surface area contributed by atoms with E-state index in [0.29, 0.717) is 0 Å². The van der Waals surface area contributed by atoms with Crippen LogP contribution < -0.4 is 0 Å². The molecule has 0 saturated heterocycles. The Balaban J connectivity index is 1.88. The molecule has 3 rings (SSSR count). The number of nitrogens with zero attached hydrogens (tertiary/aromatic N) is 4. The van der Waals surface area contributed by atoms with Gasteiger partial charge in [0.1, 0.15) is 0 Å². The highest BCUT2D eigenvalue weighted by Gasteiger charge is 2.15. The average molecular weight is 230 g/mol. The summed E-state index contributed by atoms with van der Waals surface area (Å²) in [6.07, 6.45) is 10.8. The van der Waals surface area contributed by atoms with Gasteiger partial charge in [0.05, 0.1) is 30.6 Å². The Bertz CT molecular complexity index is 509. The normalized spacial score (nSPS) is 14.9. The van der Waals surface area contributed by atoms with Gasteiger partial charge in [0.2, 0.25) is 0 Å². The van der Waals surface area contributed by atoms with E-state index in [1.165, 1.54) is 36.3 Å². The molecule has 1 aliphatic rings. The molecule has 0 aliphatic heterocycles. The summed E-state index contributed by atoms with van der Waals surface area (Å²) >= 11 is 0. The molecule has 0 amide bonds. The van der Waals surface area contributed by atoms with Gasteiger partial charge in [-0.1, -0.05) is 0 Å². The van der Waals surface area contributed by atoms with Crippen LogP contribution in [0.2, 0.25) is 0 Å². The van der Waals surface area contributed by atoms with Gasteiger partial charge >= 0.3 is 0 Å². The summed E-state index contributed by atoms with van der Waals surface area (Å²) in [5.41, 5.74) is 4.00. The van der Waals surface area contributed by atoms with Crippen molar-refractivity contribution in [1.29, 1.82) is 0 Å². The van der Waals surface area contributed by atoms with Crippen LogP contribution in [0.1, 0.15) is 36.8 Å². The van der Waals surface area contributed by atoms with Crippen molar-refractivity contribution in [3.05, 3.63) is 35.9 Å². The van der Waals surface area contributed by atoms with Crippen molar-refractivity contribution in [2.75, 3.05) is 0 Å². The molecule has 4 heteroatoms. The molecule has 2 heterocycles. The average Bonchev–Trinajstić information content (AvgIpc) is 2.97. The molecule has 0 saturated carbocycles. The summed E-state index contributed by atoms with van der Waals surface area (Å²) in [4.78, 5) is 8.74. The van der Waals surface area contributed by atoms with Gasteiger partial charge in [-0.05, 0) is 32.6 Å². The lowest BCUT2D eigenvalue weighted by Gasteiger charge is -2.14. The van der Waals surface area contributed by atoms with Crippen molar-refractivity contribution in [2.45, 2.75) is 45.7 Å². The van der Waals surface area contributed by atoms with Crippen LogP contribution in [0.25, 0.3) is 0 Å². The zero-order valence-electron chi connectivity index (χ0n) is 10.3. The van der Waals surface area contributed by atoms with E-state index < -0.39 is 0 Å². The molecule has 2 aromatic heterocycles. The van der Waals surface area contributed by atoms with E-state index in [1.807, 2.05) is 18.9 Å². The van der Waals surface area contributed by atoms with Crippen LogP contribution >= 0.6 is 0 Å². The van der Waals surface area contributed by atoms with E-state index in [9.17, 15) is 0 Å². The summed E-state index contributed by atoms with van der Waals surface area (Å²) in [5.74, 6) is 0. The van der Waals surface area contributed by atoms with Crippen LogP contribution in [0.5, 0.6) is 0 Å². The second-order valence-electron chi connectivity index (χ2n) is 4.64. The first kappa shape index (κ1) is 10.6. The third-order valence-corrected chi connectivity index (χ3v) is 3.58. The standard InChI is InChI=1S/C13H18N4/c1-2-16-9-14-7-11(16)8-17-10-15-12-5-3-4-6-13(12)17/h7,9-10H,2-6,8H2,1H3. The van der Waals surface area contributed by atoms with Crippen LogP contribution in [0.4, 0.5) is 0 Å². The number of rotatable bonds is 3. The predicted molar refractivity (Wildman–Crippen MR) is 65.9 cm³/mol. The van der Waals surface area contributed by atoms with Gasteiger partial charge in [-0.25, -0.2) is 9.97 Å². The molecule has 0 spiro atoms. The zero-order valence-corrected chi connectivity index (χ0v) is 10.3. The highest BCUT2D eigenvalue weighted by atomic mass is 15.1. The lowest BCUT2D eigenvalue weighted by Crippen LogP contribution is -2.11. The predicted octanol–water partition coefficient (Wildman–Crippen LogP) is 2.03. The minimum atomic E-state index is 0.899. The monoisotopic (exact) mass is 230 g/mol. The fourth-order valence-corrected chi connectivity index (χ4v) is 2.61. The molecule has 4 nitrogen and oxygen atoms in total. The second kappa shape index (κ2) is 4.35. The fraction of sp³-hybridized carbons (Fsp3) is 0.538. The van der Waals surface area contributed by atoms with Crippen molar-refractivity contribution in [3.8, 4) is 0 Å². The van der Waals surface area contributed by atoms with Crippen molar-refractivity contribution < 1.29 is 0 Å². The molecule has 90 valence electrons. The largest absolute Gasteiger partial charge is 0.333 e. The van der Waals surface area contributed by atoms with Crippen molar-refractivity contribution >= 4 is 0 Å². The molecule has 17 heavy (non-hydrogen) atoms. The third kappa shape index (κ3) is 1.88. The summed E-state index contributed by atoms with van der Waals surface area (Å²) < 4.78 is 4.48. The SMILES string of the molecule is CCn1cncc1Cn1cnc2c1CCCC2. The van der Waals surface area contributed by atoms with Crippen molar-refractivity contribution in [3.63, 3.8) is 0 Å². The molecular formula is C13H18N4. The molecule has 0 aromatic carbocycles. The smallest absolute Gasteiger partial charge is 0.0955 e. The van der Waals surface area contributed by atoms with Crippen LogP contribution in [0.3, 0.4) is 0 Å². The van der Waals surface area contributed by atoms with Gasteiger partial charge in [-0.15, -0.1) is 0 Å². The van der Waals surface area contributed by atoms with Gasteiger partial charge < -0.3 is 9.13 Å². The summed E-state index contributed by atoms with van der Waals surface area (Å²) in [5, 5.41) is 0. The summed E-state index contributed by atoms with van der Waals surface area (Å²) in [7, 11) is 0. The quantitative estimate of drug-likeness (QED) is 0.808. The lowest BCUT2D eigenvalue weighted by molar-refractivity contribution is 0.609. The number of fused-ring (bicyclic) bond motifs is 1. The topological polar surface area (TPSA) is 35.6 Å². The molecule has 2 aromatic rings. The number of hydrogen-bond acceptors (Lipinski definition) is 2. The Kier molecular flexibility index (Phi) is 2.71. The molecular weight excluding hydrogens is 212 g/mol. The van der Waals surface area contributed by atoms with Crippen LogP contribution in [-0.4, -0.2) is 19.1 Å². The van der Waals surface area contributed by atoms with E-state index in [4.69, 9.17) is 0 Å². The van der Waals surface area contributed by atoms with Crippen molar-refractivity contribution in [2.24, 2.45) is 0 Å². The molecule has 0 bridgehead atoms. The van der Waals surface area contributed by atoms with E-state index in [0.717, 1.165) is 19.5 Å². The first-order chi connectivity index (χ1) is 8.38. The maximum Gasteiger partial charge on any atom is 0.0955 e. The van der Waals surface area contributed by atoms with Crippen LogP contribution in [0, 0.1) is 0 Å². The number of aromatic nitrogens is 4. The lowest BCUT2D eigenvalue weighted by atomic mass is 10.0. The minimum absolute atomic E-state index is 0.899. The third-order valence-electron chi connectivity index (χ3n) is 3.58. The maximum atomic E-state index is 4.53. The highest BCUT2D eigenvalue weighted by molar-refractivity contribution is 5.17. The van der Waals surface area contributed by atoms with Crippen LogP contribution in [-0.2, 0) is 25.9 Å². The Morgan fingerprint density at radius 1 is 1.18 bits per heavy atom.